The first kappa shape index (κ1) is 24.7. The highest BCUT2D eigenvalue weighted by Gasteiger charge is 2.28. The molecule has 2 aromatic rings. The summed E-state index contributed by atoms with van der Waals surface area (Å²) in [4.78, 5) is 14.6. The van der Waals surface area contributed by atoms with Crippen LogP contribution in [0.5, 0.6) is 5.75 Å². The smallest absolute Gasteiger partial charge is 0.164 e. The van der Waals surface area contributed by atoms with Gasteiger partial charge in [-0.25, -0.2) is 9.97 Å². The molecule has 1 aromatic carbocycles. The van der Waals surface area contributed by atoms with Crippen LogP contribution in [0, 0.1) is 6.92 Å². The largest absolute Gasteiger partial charge is 0.491 e. The van der Waals surface area contributed by atoms with E-state index in [1.54, 1.807) is 7.05 Å². The molecule has 1 aromatic heterocycles. The Bertz CT molecular complexity index is 950. The zero-order valence-corrected chi connectivity index (χ0v) is 20.8. The van der Waals surface area contributed by atoms with Gasteiger partial charge in [-0.15, -0.1) is 0 Å². The molecule has 0 aliphatic carbocycles. The second-order valence-corrected chi connectivity index (χ2v) is 9.45. The SMILES string of the molecule is CNCC(O)COc1cccc(-c2nc(NC3CCOC3)c(C)c(N3CCC(N(C)C)C3)n2)c1. The molecule has 0 saturated carbocycles. The molecule has 34 heavy (non-hydrogen) atoms. The molecule has 2 fully saturated rings. The van der Waals surface area contributed by atoms with Crippen molar-refractivity contribution in [2.45, 2.75) is 38.0 Å². The summed E-state index contributed by atoms with van der Waals surface area (Å²) in [6, 6.07) is 8.54. The molecule has 3 N–H and O–H groups in total. The first-order valence-electron chi connectivity index (χ1n) is 12.1. The summed E-state index contributed by atoms with van der Waals surface area (Å²) in [7, 11) is 6.08. The first-order valence-corrected chi connectivity index (χ1v) is 12.1. The fraction of sp³-hybridized carbons (Fsp3) is 0.600. The Kier molecular flexibility index (Phi) is 8.20. The maximum atomic E-state index is 9.98. The van der Waals surface area contributed by atoms with Crippen molar-refractivity contribution in [3.63, 3.8) is 0 Å². The van der Waals surface area contributed by atoms with Crippen LogP contribution in [0.25, 0.3) is 11.4 Å². The third-order valence-electron chi connectivity index (χ3n) is 6.56. The highest BCUT2D eigenvalue weighted by molar-refractivity contribution is 5.67. The van der Waals surface area contributed by atoms with Gasteiger partial charge in [0.2, 0.25) is 0 Å². The number of aromatic nitrogens is 2. The van der Waals surface area contributed by atoms with Crippen LogP contribution in [0.1, 0.15) is 18.4 Å². The van der Waals surface area contributed by atoms with E-state index < -0.39 is 6.10 Å². The maximum Gasteiger partial charge on any atom is 0.164 e. The van der Waals surface area contributed by atoms with Gasteiger partial charge in [-0.1, -0.05) is 12.1 Å². The fourth-order valence-corrected chi connectivity index (χ4v) is 4.49. The molecule has 0 bridgehead atoms. The second-order valence-electron chi connectivity index (χ2n) is 9.45. The third-order valence-corrected chi connectivity index (χ3v) is 6.56. The minimum Gasteiger partial charge on any atom is -0.491 e. The van der Waals surface area contributed by atoms with E-state index in [0.717, 1.165) is 55.3 Å². The summed E-state index contributed by atoms with van der Waals surface area (Å²) in [5.41, 5.74) is 1.95. The normalized spacial score (nSPS) is 21.3. The molecule has 2 aliphatic heterocycles. The van der Waals surface area contributed by atoms with Crippen LogP contribution in [0.4, 0.5) is 11.6 Å². The van der Waals surface area contributed by atoms with Gasteiger partial charge in [-0.2, -0.15) is 0 Å². The minimum atomic E-state index is -0.569. The van der Waals surface area contributed by atoms with Crippen LogP contribution < -0.4 is 20.3 Å². The molecule has 2 aliphatic rings. The van der Waals surface area contributed by atoms with E-state index in [0.29, 0.717) is 30.8 Å². The molecule has 3 atom stereocenters. The summed E-state index contributed by atoms with van der Waals surface area (Å²) in [5, 5.41) is 16.5. The molecule has 4 rings (SSSR count). The predicted molar refractivity (Wildman–Crippen MR) is 135 cm³/mol. The Hall–Kier alpha value is -2.46. The van der Waals surface area contributed by atoms with Crippen molar-refractivity contribution in [2.24, 2.45) is 0 Å². The second kappa shape index (κ2) is 11.3. The van der Waals surface area contributed by atoms with E-state index >= 15 is 0 Å². The molecular weight excluding hydrogens is 432 g/mol. The van der Waals surface area contributed by atoms with Gasteiger partial charge in [0, 0.05) is 43.4 Å². The molecule has 0 spiro atoms. The molecular formula is C25H38N6O3. The number of hydrogen-bond acceptors (Lipinski definition) is 9. The Labute approximate surface area is 202 Å². The van der Waals surface area contributed by atoms with E-state index in [4.69, 9.17) is 19.4 Å². The Balaban J connectivity index is 1.63. The van der Waals surface area contributed by atoms with Gasteiger partial charge in [-0.05, 0) is 53.0 Å². The Morgan fingerprint density at radius 2 is 2.15 bits per heavy atom. The summed E-state index contributed by atoms with van der Waals surface area (Å²) in [6.07, 6.45) is 1.52. The van der Waals surface area contributed by atoms with Gasteiger partial charge >= 0.3 is 0 Å². The minimum absolute atomic E-state index is 0.221. The third kappa shape index (κ3) is 5.96. The average Bonchev–Trinajstić information content (AvgIpc) is 3.52. The van der Waals surface area contributed by atoms with E-state index in [-0.39, 0.29) is 12.6 Å². The number of likely N-dealkylation sites (N-methyl/N-ethyl adjacent to an activating group) is 2. The monoisotopic (exact) mass is 470 g/mol. The van der Waals surface area contributed by atoms with Crippen molar-refractivity contribution in [1.82, 2.24) is 20.2 Å². The summed E-state index contributed by atoms with van der Waals surface area (Å²) in [5.74, 6) is 3.19. The molecule has 186 valence electrons. The van der Waals surface area contributed by atoms with Crippen LogP contribution in [-0.4, -0.2) is 98.8 Å². The van der Waals surface area contributed by atoms with Crippen molar-refractivity contribution in [3.05, 3.63) is 29.8 Å². The molecule has 2 saturated heterocycles. The van der Waals surface area contributed by atoms with E-state index in [1.165, 1.54) is 0 Å². The topological polar surface area (TPSA) is 95.0 Å². The number of ether oxygens (including phenoxy) is 2. The first-order chi connectivity index (χ1) is 16.4. The Morgan fingerprint density at radius 1 is 1.29 bits per heavy atom. The molecule has 9 heteroatoms. The lowest BCUT2D eigenvalue weighted by Gasteiger charge is -2.24. The van der Waals surface area contributed by atoms with E-state index in [1.807, 2.05) is 24.3 Å². The van der Waals surface area contributed by atoms with Crippen molar-refractivity contribution < 1.29 is 14.6 Å². The lowest BCUT2D eigenvalue weighted by atomic mass is 10.1. The number of rotatable bonds is 10. The van der Waals surface area contributed by atoms with Gasteiger partial charge in [0.15, 0.2) is 5.82 Å². The lowest BCUT2D eigenvalue weighted by Crippen LogP contribution is -2.32. The quantitative estimate of drug-likeness (QED) is 0.480. The van der Waals surface area contributed by atoms with Crippen molar-refractivity contribution >= 4 is 11.6 Å². The lowest BCUT2D eigenvalue weighted by molar-refractivity contribution is 0.108. The molecule has 0 radical (unpaired) electrons. The summed E-state index contributed by atoms with van der Waals surface area (Å²) < 4.78 is 11.4. The molecule has 3 heterocycles. The fourth-order valence-electron chi connectivity index (χ4n) is 4.49. The number of benzene rings is 1. The van der Waals surface area contributed by atoms with E-state index in [2.05, 4.69) is 41.5 Å². The zero-order chi connectivity index (χ0) is 24.1. The highest BCUT2D eigenvalue weighted by Crippen LogP contribution is 2.32. The van der Waals surface area contributed by atoms with E-state index in [9.17, 15) is 5.11 Å². The van der Waals surface area contributed by atoms with Gasteiger partial charge in [-0.3, -0.25) is 0 Å². The number of anilines is 2. The standard InChI is InChI=1S/C25H38N6O3/c1-17-23(27-19-9-11-33-15-19)28-24(29-25(17)31-10-8-20(14-31)30(3)4)18-6-5-7-22(12-18)34-16-21(32)13-26-2/h5-7,12,19-21,26,32H,8-11,13-16H2,1-4H3,(H,27,28,29). The number of aliphatic hydroxyl groups is 1. The highest BCUT2D eigenvalue weighted by atomic mass is 16.5. The summed E-state index contributed by atoms with van der Waals surface area (Å²) in [6.45, 7) is 6.19. The van der Waals surface area contributed by atoms with Crippen LogP contribution in [0.3, 0.4) is 0 Å². The number of aliphatic hydroxyl groups excluding tert-OH is 1. The van der Waals surface area contributed by atoms with Gasteiger partial charge < -0.3 is 35.0 Å². The van der Waals surface area contributed by atoms with Crippen LogP contribution in [0.15, 0.2) is 24.3 Å². The van der Waals surface area contributed by atoms with Crippen LogP contribution in [0.2, 0.25) is 0 Å². The Morgan fingerprint density at radius 3 is 2.85 bits per heavy atom. The molecule has 3 unspecified atom stereocenters. The summed E-state index contributed by atoms with van der Waals surface area (Å²) >= 11 is 0. The van der Waals surface area contributed by atoms with Crippen LogP contribution in [-0.2, 0) is 4.74 Å². The maximum absolute atomic E-state index is 9.98. The molecule has 0 amide bonds. The average molecular weight is 471 g/mol. The van der Waals surface area contributed by atoms with Crippen molar-refractivity contribution in [2.75, 3.05) is 70.8 Å². The van der Waals surface area contributed by atoms with Gasteiger partial charge in [0.1, 0.15) is 30.1 Å². The zero-order valence-electron chi connectivity index (χ0n) is 20.8. The predicted octanol–water partition coefficient (Wildman–Crippen LogP) is 1.75. The number of hydrogen-bond donors (Lipinski definition) is 3. The molecule has 9 nitrogen and oxygen atoms in total. The van der Waals surface area contributed by atoms with Crippen LogP contribution >= 0.6 is 0 Å². The number of nitrogens with one attached hydrogen (secondary N) is 2. The van der Waals surface area contributed by atoms with Crippen molar-refractivity contribution in [1.29, 1.82) is 0 Å². The van der Waals surface area contributed by atoms with Gasteiger partial charge in [0.25, 0.3) is 0 Å². The van der Waals surface area contributed by atoms with Gasteiger partial charge in [0.05, 0.1) is 12.6 Å². The number of nitrogens with zero attached hydrogens (tertiary/aromatic N) is 4. The van der Waals surface area contributed by atoms with Crippen molar-refractivity contribution in [3.8, 4) is 17.1 Å².